The topological polar surface area (TPSA) is 74.0 Å². The monoisotopic (exact) mass is 310 g/mol. The van der Waals surface area contributed by atoms with Crippen molar-refractivity contribution in [1.82, 2.24) is 4.98 Å². The molecule has 1 N–H and O–H groups in total. The van der Waals surface area contributed by atoms with Gasteiger partial charge in [-0.05, 0) is 18.2 Å². The molecule has 7 heteroatoms. The lowest BCUT2D eigenvalue weighted by Crippen LogP contribution is -1.99. The van der Waals surface area contributed by atoms with Crippen LogP contribution >= 0.6 is 34.7 Å². The van der Waals surface area contributed by atoms with Crippen molar-refractivity contribution >= 4 is 40.7 Å². The first-order valence-electron chi connectivity index (χ1n) is 5.12. The summed E-state index contributed by atoms with van der Waals surface area (Å²) in [5.74, 6) is -0.904. The minimum Gasteiger partial charge on any atom is -0.481 e. The van der Waals surface area contributed by atoms with Gasteiger partial charge in [-0.25, -0.2) is 4.98 Å². The van der Waals surface area contributed by atoms with Crippen LogP contribution in [0.4, 0.5) is 0 Å². The van der Waals surface area contributed by atoms with E-state index in [0.29, 0.717) is 16.3 Å². The summed E-state index contributed by atoms with van der Waals surface area (Å²) in [6, 6.07) is 7.04. The smallest absolute Gasteiger partial charge is 0.309 e. The molecule has 0 saturated heterocycles. The number of nitriles is 1. The number of carboxylic acids is 1. The third-order valence-electron chi connectivity index (χ3n) is 2.12. The van der Waals surface area contributed by atoms with Gasteiger partial charge in [0.15, 0.2) is 4.34 Å². The highest BCUT2D eigenvalue weighted by molar-refractivity contribution is 8.01. The zero-order chi connectivity index (χ0) is 13.8. The zero-order valence-electron chi connectivity index (χ0n) is 9.46. The van der Waals surface area contributed by atoms with Crippen LogP contribution in [0.1, 0.15) is 11.3 Å². The molecule has 2 aromatic rings. The summed E-state index contributed by atoms with van der Waals surface area (Å²) < 4.78 is 0.725. The maximum absolute atomic E-state index is 10.6. The summed E-state index contributed by atoms with van der Waals surface area (Å²) in [6.07, 6.45) is -0.0852. The Balaban J connectivity index is 2.15. The van der Waals surface area contributed by atoms with Crippen LogP contribution in [0.5, 0.6) is 0 Å². The van der Waals surface area contributed by atoms with Crippen LogP contribution in [-0.4, -0.2) is 16.1 Å². The third kappa shape index (κ3) is 3.70. The van der Waals surface area contributed by atoms with E-state index in [9.17, 15) is 4.79 Å². The van der Waals surface area contributed by atoms with Gasteiger partial charge in [0.25, 0.3) is 0 Å². The van der Waals surface area contributed by atoms with Crippen molar-refractivity contribution < 1.29 is 9.90 Å². The number of benzene rings is 1. The number of thiazole rings is 1. The molecular formula is C12H7ClN2O2S2. The molecule has 0 unspecified atom stereocenters. The summed E-state index contributed by atoms with van der Waals surface area (Å²) in [6.45, 7) is 0. The largest absolute Gasteiger partial charge is 0.481 e. The molecular weight excluding hydrogens is 304 g/mol. The van der Waals surface area contributed by atoms with Gasteiger partial charge in [-0.15, -0.1) is 11.3 Å². The van der Waals surface area contributed by atoms with Crippen molar-refractivity contribution in [3.05, 3.63) is 39.9 Å². The molecule has 0 fully saturated rings. The second-order valence-corrected chi connectivity index (χ2v) is 6.09. The molecule has 1 aromatic heterocycles. The van der Waals surface area contributed by atoms with Crippen LogP contribution in [0.3, 0.4) is 0 Å². The van der Waals surface area contributed by atoms with Crippen molar-refractivity contribution in [1.29, 1.82) is 5.26 Å². The highest BCUT2D eigenvalue weighted by Crippen LogP contribution is 2.35. The fraction of sp³-hybridized carbons (Fsp3) is 0.0833. The van der Waals surface area contributed by atoms with Crippen molar-refractivity contribution in [2.75, 3.05) is 0 Å². The molecule has 0 bridgehead atoms. The van der Waals surface area contributed by atoms with Gasteiger partial charge < -0.3 is 5.11 Å². The predicted molar refractivity (Wildman–Crippen MR) is 73.7 cm³/mol. The first kappa shape index (κ1) is 13.9. The van der Waals surface area contributed by atoms with Gasteiger partial charge in [-0.1, -0.05) is 23.4 Å². The molecule has 1 aromatic carbocycles. The minimum atomic E-state index is -0.904. The SMILES string of the molecule is N#Cc1ccc(Sc2nc(CC(=O)O)cs2)c(Cl)c1. The fourth-order valence-corrected chi connectivity index (χ4v) is 3.41. The van der Waals surface area contributed by atoms with Crippen LogP contribution in [-0.2, 0) is 11.2 Å². The van der Waals surface area contributed by atoms with Gasteiger partial charge in [0.2, 0.25) is 0 Å². The lowest BCUT2D eigenvalue weighted by atomic mass is 10.2. The molecule has 96 valence electrons. The van der Waals surface area contributed by atoms with Gasteiger partial charge in [-0.3, -0.25) is 4.79 Å². The Morgan fingerprint density at radius 1 is 1.58 bits per heavy atom. The first-order valence-corrected chi connectivity index (χ1v) is 7.19. The van der Waals surface area contributed by atoms with E-state index in [1.54, 1.807) is 23.6 Å². The Morgan fingerprint density at radius 2 is 2.37 bits per heavy atom. The van der Waals surface area contributed by atoms with Crippen molar-refractivity contribution in [2.24, 2.45) is 0 Å². The van der Waals surface area contributed by atoms with Gasteiger partial charge in [0.05, 0.1) is 28.8 Å². The van der Waals surface area contributed by atoms with Crippen molar-refractivity contribution in [3.63, 3.8) is 0 Å². The molecule has 0 amide bonds. The van der Waals surface area contributed by atoms with Crippen LogP contribution in [0, 0.1) is 11.3 Å². The van der Waals surface area contributed by atoms with Gasteiger partial charge in [-0.2, -0.15) is 5.26 Å². The Labute approximate surface area is 122 Å². The summed E-state index contributed by atoms with van der Waals surface area (Å²) in [7, 11) is 0. The average molecular weight is 311 g/mol. The number of hydrogen-bond donors (Lipinski definition) is 1. The molecule has 0 aliphatic carbocycles. The second-order valence-electron chi connectivity index (χ2n) is 3.53. The number of rotatable bonds is 4. The van der Waals surface area contributed by atoms with Gasteiger partial charge in [0, 0.05) is 10.3 Å². The molecule has 2 rings (SSSR count). The number of carbonyl (C=O) groups is 1. The summed E-state index contributed by atoms with van der Waals surface area (Å²) in [5.41, 5.74) is 1.03. The summed E-state index contributed by atoms with van der Waals surface area (Å²) >= 11 is 8.78. The number of aliphatic carboxylic acids is 1. The highest BCUT2D eigenvalue weighted by atomic mass is 35.5. The maximum Gasteiger partial charge on any atom is 0.309 e. The molecule has 0 aliphatic rings. The molecule has 0 aliphatic heterocycles. The summed E-state index contributed by atoms with van der Waals surface area (Å²) in [4.78, 5) is 15.6. The van der Waals surface area contributed by atoms with E-state index in [0.717, 1.165) is 9.24 Å². The zero-order valence-corrected chi connectivity index (χ0v) is 11.8. The molecule has 0 atom stereocenters. The highest BCUT2D eigenvalue weighted by Gasteiger charge is 2.09. The Bertz CT molecular complexity index is 664. The number of carboxylic acid groups (broad SMARTS) is 1. The van der Waals surface area contributed by atoms with Crippen molar-refractivity contribution in [3.8, 4) is 6.07 Å². The molecule has 0 radical (unpaired) electrons. The number of halogens is 1. The van der Waals surface area contributed by atoms with E-state index in [-0.39, 0.29) is 6.42 Å². The van der Waals surface area contributed by atoms with E-state index in [1.165, 1.54) is 23.1 Å². The standard InChI is InChI=1S/C12H7ClN2O2S2/c13-9-3-7(5-14)1-2-10(9)19-12-15-8(6-18-12)4-11(16)17/h1-3,6H,4H2,(H,16,17). The van der Waals surface area contributed by atoms with Gasteiger partial charge >= 0.3 is 5.97 Å². The fourth-order valence-electron chi connectivity index (χ4n) is 1.32. The van der Waals surface area contributed by atoms with Crippen molar-refractivity contribution in [2.45, 2.75) is 15.7 Å². The minimum absolute atomic E-state index is 0.0852. The lowest BCUT2D eigenvalue weighted by molar-refractivity contribution is -0.136. The van der Waals surface area contributed by atoms with E-state index in [1.807, 2.05) is 6.07 Å². The van der Waals surface area contributed by atoms with E-state index >= 15 is 0 Å². The molecule has 0 saturated carbocycles. The van der Waals surface area contributed by atoms with Gasteiger partial charge in [0.1, 0.15) is 0 Å². The third-order valence-corrected chi connectivity index (χ3v) is 4.61. The normalized spacial score (nSPS) is 10.1. The lowest BCUT2D eigenvalue weighted by Gasteiger charge is -2.01. The Kier molecular flexibility index (Phi) is 4.43. The Hall–Kier alpha value is -1.55. The second kappa shape index (κ2) is 6.06. The van der Waals surface area contributed by atoms with E-state index in [4.69, 9.17) is 22.0 Å². The van der Waals surface area contributed by atoms with E-state index < -0.39 is 5.97 Å². The van der Waals surface area contributed by atoms with Crippen LogP contribution < -0.4 is 0 Å². The number of nitrogens with zero attached hydrogens (tertiary/aromatic N) is 2. The van der Waals surface area contributed by atoms with Crippen LogP contribution in [0.2, 0.25) is 5.02 Å². The average Bonchev–Trinajstić information content (AvgIpc) is 2.78. The first-order chi connectivity index (χ1) is 9.08. The molecule has 4 nitrogen and oxygen atoms in total. The number of aromatic nitrogens is 1. The molecule has 19 heavy (non-hydrogen) atoms. The van der Waals surface area contributed by atoms with E-state index in [2.05, 4.69) is 4.98 Å². The van der Waals surface area contributed by atoms with Crippen LogP contribution in [0.15, 0.2) is 32.8 Å². The molecule has 1 heterocycles. The summed E-state index contributed by atoms with van der Waals surface area (Å²) in [5, 5.41) is 19.6. The maximum atomic E-state index is 10.6. The molecule has 0 spiro atoms. The quantitative estimate of drug-likeness (QED) is 0.936. The predicted octanol–water partition coefficient (Wildman–Crippen LogP) is 3.45. The number of hydrogen-bond acceptors (Lipinski definition) is 5. The Morgan fingerprint density at radius 3 is 3.00 bits per heavy atom. The van der Waals surface area contributed by atoms with Crippen LogP contribution in [0.25, 0.3) is 0 Å².